The first-order valence-electron chi connectivity index (χ1n) is 5.87. The average Bonchev–Trinajstić information content (AvgIpc) is 2.74. The second-order valence-electron chi connectivity index (χ2n) is 4.20. The summed E-state index contributed by atoms with van der Waals surface area (Å²) < 4.78 is 14.8. The lowest BCUT2D eigenvalue weighted by molar-refractivity contribution is -0.117. The van der Waals surface area contributed by atoms with Gasteiger partial charge in [0.05, 0.1) is 5.25 Å². The van der Waals surface area contributed by atoms with E-state index in [0.717, 1.165) is 11.8 Å². The number of hydrogen-bond donors (Lipinski definition) is 2. The number of halogens is 1. The van der Waals surface area contributed by atoms with Gasteiger partial charge < -0.3 is 11.6 Å². The molecule has 0 spiro atoms. The number of nitrogens with zero attached hydrogens (tertiary/aromatic N) is 3. The fourth-order valence-electron chi connectivity index (χ4n) is 1.54. The van der Waals surface area contributed by atoms with E-state index in [0.29, 0.717) is 16.5 Å². The first-order chi connectivity index (χ1) is 9.49. The van der Waals surface area contributed by atoms with E-state index in [2.05, 4.69) is 10.2 Å². The molecule has 0 aliphatic rings. The number of benzene rings is 1. The second kappa shape index (κ2) is 5.91. The maximum atomic E-state index is 13.6. The van der Waals surface area contributed by atoms with E-state index in [1.54, 1.807) is 25.1 Å². The van der Waals surface area contributed by atoms with Gasteiger partial charge in [-0.05, 0) is 18.6 Å². The number of thioether (sulfide) groups is 1. The van der Waals surface area contributed by atoms with Crippen LogP contribution in [-0.4, -0.2) is 26.0 Å². The van der Waals surface area contributed by atoms with E-state index in [9.17, 15) is 9.18 Å². The molecule has 20 heavy (non-hydrogen) atoms. The Morgan fingerprint density at radius 3 is 2.80 bits per heavy atom. The summed E-state index contributed by atoms with van der Waals surface area (Å²) >= 11 is 1.11. The Morgan fingerprint density at radius 2 is 2.15 bits per heavy atom. The number of rotatable bonds is 5. The Balaban J connectivity index is 2.17. The van der Waals surface area contributed by atoms with Crippen LogP contribution in [0.3, 0.4) is 0 Å². The van der Waals surface area contributed by atoms with Gasteiger partial charge in [-0.15, -0.1) is 10.2 Å². The molecule has 1 aromatic heterocycles. The zero-order chi connectivity index (χ0) is 14.7. The predicted molar refractivity (Wildman–Crippen MR) is 73.9 cm³/mol. The molecule has 106 valence electrons. The lowest BCUT2D eigenvalue weighted by Gasteiger charge is -2.07. The third kappa shape index (κ3) is 3.08. The fraction of sp³-hybridized carbons (Fsp3) is 0.250. The highest BCUT2D eigenvalue weighted by Gasteiger charge is 2.17. The molecule has 0 aliphatic heterocycles. The third-order valence-corrected chi connectivity index (χ3v) is 3.80. The van der Waals surface area contributed by atoms with E-state index in [4.69, 9.17) is 11.6 Å². The van der Waals surface area contributed by atoms with Crippen molar-refractivity contribution in [1.29, 1.82) is 0 Å². The fourth-order valence-corrected chi connectivity index (χ4v) is 2.28. The zero-order valence-corrected chi connectivity index (χ0v) is 11.6. The molecular formula is C12H14FN5OS. The van der Waals surface area contributed by atoms with Crippen LogP contribution in [0, 0.1) is 5.82 Å². The molecular weight excluding hydrogens is 281 g/mol. The van der Waals surface area contributed by atoms with Crippen LogP contribution >= 0.6 is 11.8 Å². The van der Waals surface area contributed by atoms with Crippen molar-refractivity contribution in [3.05, 3.63) is 41.5 Å². The summed E-state index contributed by atoms with van der Waals surface area (Å²) in [5.74, 6) is 5.47. The number of nitrogen functional groups attached to an aromatic ring is 1. The molecule has 8 heteroatoms. The van der Waals surface area contributed by atoms with E-state index in [1.807, 2.05) is 0 Å². The molecule has 0 saturated heterocycles. The van der Waals surface area contributed by atoms with E-state index in [-0.39, 0.29) is 12.2 Å². The summed E-state index contributed by atoms with van der Waals surface area (Å²) in [5, 5.41) is 7.69. The third-order valence-electron chi connectivity index (χ3n) is 2.72. The van der Waals surface area contributed by atoms with Crippen LogP contribution in [0.2, 0.25) is 0 Å². The smallest absolute Gasteiger partial charge is 0.230 e. The van der Waals surface area contributed by atoms with Gasteiger partial charge in [-0.1, -0.05) is 30.0 Å². The van der Waals surface area contributed by atoms with Crippen molar-refractivity contribution in [3.63, 3.8) is 0 Å². The minimum absolute atomic E-state index is 0.224. The summed E-state index contributed by atoms with van der Waals surface area (Å²) in [4.78, 5) is 11.0. The van der Waals surface area contributed by atoms with Gasteiger partial charge in [0.15, 0.2) is 5.82 Å². The highest BCUT2D eigenvalue weighted by Crippen LogP contribution is 2.21. The summed E-state index contributed by atoms with van der Waals surface area (Å²) in [6, 6.07) is 6.38. The highest BCUT2D eigenvalue weighted by molar-refractivity contribution is 8.00. The average molecular weight is 295 g/mol. The van der Waals surface area contributed by atoms with Gasteiger partial charge in [-0.2, -0.15) is 0 Å². The number of carbonyl (C=O) groups is 1. The predicted octanol–water partition coefficient (Wildman–Crippen LogP) is 0.688. The Bertz CT molecular complexity index is 630. The number of hydrogen-bond acceptors (Lipinski definition) is 5. The molecule has 1 atom stereocenters. The first kappa shape index (κ1) is 14.3. The maximum absolute atomic E-state index is 13.6. The second-order valence-corrected chi connectivity index (χ2v) is 5.51. The molecule has 0 radical (unpaired) electrons. The summed E-state index contributed by atoms with van der Waals surface area (Å²) in [6.45, 7) is 1.65. The van der Waals surface area contributed by atoms with Gasteiger partial charge in [0, 0.05) is 6.42 Å². The molecule has 0 unspecified atom stereocenters. The summed E-state index contributed by atoms with van der Waals surface area (Å²) in [6.07, 6.45) is 0.224. The molecule has 0 aliphatic carbocycles. The highest BCUT2D eigenvalue weighted by atomic mass is 32.2. The van der Waals surface area contributed by atoms with E-state index >= 15 is 0 Å². The molecule has 6 nitrogen and oxygen atoms in total. The zero-order valence-electron chi connectivity index (χ0n) is 10.8. The monoisotopic (exact) mass is 295 g/mol. The lowest BCUT2D eigenvalue weighted by atomic mass is 10.1. The largest absolute Gasteiger partial charge is 0.369 e. The van der Waals surface area contributed by atoms with Crippen molar-refractivity contribution in [3.8, 4) is 0 Å². The standard InChI is InChI=1S/C12H14FN5OS/c1-7(11(14)19)20-12-17-16-10(18(12)15)6-8-4-2-3-5-9(8)13/h2-5,7H,6,15H2,1H3,(H2,14,19)/t7-/m0/s1. The number of nitrogens with two attached hydrogens (primary N) is 2. The Hall–Kier alpha value is -2.09. The van der Waals surface area contributed by atoms with Crippen LogP contribution in [0.5, 0.6) is 0 Å². The number of amides is 1. The van der Waals surface area contributed by atoms with Crippen molar-refractivity contribution in [2.45, 2.75) is 23.8 Å². The molecule has 2 rings (SSSR count). The Labute approximate surface area is 119 Å². The quantitative estimate of drug-likeness (QED) is 0.624. The summed E-state index contributed by atoms with van der Waals surface area (Å²) in [5.41, 5.74) is 5.65. The van der Waals surface area contributed by atoms with E-state index < -0.39 is 11.2 Å². The topological polar surface area (TPSA) is 99.8 Å². The normalized spacial score (nSPS) is 12.3. The van der Waals surface area contributed by atoms with Crippen molar-refractivity contribution in [1.82, 2.24) is 14.9 Å². The molecule has 2 aromatic rings. The van der Waals surface area contributed by atoms with Crippen molar-refractivity contribution in [2.75, 3.05) is 5.84 Å². The molecule has 1 amide bonds. The van der Waals surface area contributed by atoms with Gasteiger partial charge in [0.25, 0.3) is 0 Å². The molecule has 0 saturated carbocycles. The van der Waals surface area contributed by atoms with Gasteiger partial charge in [-0.25, -0.2) is 9.07 Å². The van der Waals surface area contributed by atoms with Crippen LogP contribution in [0.15, 0.2) is 29.4 Å². The van der Waals surface area contributed by atoms with Gasteiger partial charge in [-0.3, -0.25) is 4.79 Å². The van der Waals surface area contributed by atoms with Crippen LogP contribution in [0.25, 0.3) is 0 Å². The minimum atomic E-state index is -0.470. The maximum Gasteiger partial charge on any atom is 0.230 e. The van der Waals surface area contributed by atoms with Gasteiger partial charge >= 0.3 is 0 Å². The lowest BCUT2D eigenvalue weighted by Crippen LogP contribution is -2.24. The first-order valence-corrected chi connectivity index (χ1v) is 6.75. The molecule has 0 fully saturated rings. The van der Waals surface area contributed by atoms with Crippen molar-refractivity contribution < 1.29 is 9.18 Å². The van der Waals surface area contributed by atoms with Gasteiger partial charge in [0.2, 0.25) is 11.1 Å². The minimum Gasteiger partial charge on any atom is -0.369 e. The van der Waals surface area contributed by atoms with Crippen LogP contribution < -0.4 is 11.6 Å². The molecule has 1 aromatic carbocycles. The molecule has 4 N–H and O–H groups in total. The summed E-state index contributed by atoms with van der Waals surface area (Å²) in [7, 11) is 0. The van der Waals surface area contributed by atoms with Crippen LogP contribution in [0.1, 0.15) is 18.3 Å². The Kier molecular flexibility index (Phi) is 4.23. The Morgan fingerprint density at radius 1 is 1.45 bits per heavy atom. The van der Waals surface area contributed by atoms with Crippen molar-refractivity contribution in [2.24, 2.45) is 5.73 Å². The number of aromatic nitrogens is 3. The van der Waals surface area contributed by atoms with E-state index in [1.165, 1.54) is 10.7 Å². The molecule has 0 bridgehead atoms. The SMILES string of the molecule is C[C@H](Sc1nnc(Cc2ccccc2F)n1N)C(N)=O. The van der Waals surface area contributed by atoms with Crippen LogP contribution in [0.4, 0.5) is 4.39 Å². The van der Waals surface area contributed by atoms with Gasteiger partial charge in [0.1, 0.15) is 5.82 Å². The van der Waals surface area contributed by atoms with Crippen LogP contribution in [-0.2, 0) is 11.2 Å². The number of carbonyl (C=O) groups excluding carboxylic acids is 1. The number of primary amides is 1. The molecule has 1 heterocycles. The van der Waals surface area contributed by atoms with Crippen molar-refractivity contribution >= 4 is 17.7 Å².